The highest BCUT2D eigenvalue weighted by Crippen LogP contribution is 2.22. The molecule has 0 aromatic carbocycles. The third kappa shape index (κ3) is 4.20. The lowest BCUT2D eigenvalue weighted by atomic mass is 9.99. The van der Waals surface area contributed by atoms with Crippen LogP contribution in [0, 0.1) is 0 Å². The summed E-state index contributed by atoms with van der Waals surface area (Å²) in [5, 5.41) is 37.6. The average Bonchev–Trinajstić information content (AvgIpc) is 2.45. The first-order valence-corrected chi connectivity index (χ1v) is 6.12. The summed E-state index contributed by atoms with van der Waals surface area (Å²) < 4.78 is 9.73. The summed E-state index contributed by atoms with van der Waals surface area (Å²) in [4.78, 5) is 22.4. The Balaban J connectivity index is 2.53. The van der Waals surface area contributed by atoms with Crippen LogP contribution >= 0.6 is 0 Å². The van der Waals surface area contributed by atoms with Crippen molar-refractivity contribution in [1.82, 2.24) is 0 Å². The molecule has 3 unspecified atom stereocenters. The molecular weight excluding hydrogens is 274 g/mol. The highest BCUT2D eigenvalue weighted by molar-refractivity contribution is 5.84. The van der Waals surface area contributed by atoms with Crippen LogP contribution in [0.2, 0.25) is 0 Å². The second kappa shape index (κ2) is 7.62. The zero-order chi connectivity index (χ0) is 15.3. The maximum absolute atomic E-state index is 11.4. The van der Waals surface area contributed by atoms with E-state index < -0.39 is 43.3 Å². The number of aliphatic hydroxyl groups is 4. The molecule has 0 amide bonds. The number of carbonyl (C=O) groups excluding carboxylic acids is 2. The fraction of sp³-hybridized carbons (Fsp3) is 0.818. The Morgan fingerprint density at radius 3 is 2.30 bits per heavy atom. The number of carbonyl (C=O) groups is 2. The van der Waals surface area contributed by atoms with Crippen molar-refractivity contribution in [3.05, 3.63) is 0 Å². The van der Waals surface area contributed by atoms with Gasteiger partial charge in [-0.15, -0.1) is 0 Å². The molecule has 1 saturated heterocycles. The predicted octanol–water partition coefficient (Wildman–Crippen LogP) is -3.36. The number of aliphatic hydroxyl groups excluding tert-OH is 4. The smallest absolute Gasteiger partial charge is 0.308 e. The van der Waals surface area contributed by atoms with Gasteiger partial charge in [-0.2, -0.15) is 0 Å². The normalized spacial score (nSPS) is 33.8. The first-order valence-electron chi connectivity index (χ1n) is 6.12. The van der Waals surface area contributed by atoms with E-state index in [0.717, 1.165) is 0 Å². The van der Waals surface area contributed by atoms with Crippen LogP contribution in [0.4, 0.5) is 0 Å². The summed E-state index contributed by atoms with van der Waals surface area (Å²) in [6.45, 7) is -0.808. The summed E-state index contributed by atoms with van der Waals surface area (Å²) in [6, 6.07) is 0. The van der Waals surface area contributed by atoms with Gasteiger partial charge < -0.3 is 35.6 Å². The van der Waals surface area contributed by atoms with Crippen LogP contribution in [0.15, 0.2) is 0 Å². The van der Waals surface area contributed by atoms with Gasteiger partial charge in [0, 0.05) is 6.42 Å². The van der Waals surface area contributed by atoms with Gasteiger partial charge in [0.1, 0.15) is 30.2 Å². The minimum atomic E-state index is -1.65. The molecule has 0 aromatic rings. The molecule has 5 atom stereocenters. The fourth-order valence-corrected chi connectivity index (χ4v) is 1.70. The summed E-state index contributed by atoms with van der Waals surface area (Å²) in [7, 11) is 0. The van der Waals surface area contributed by atoms with Gasteiger partial charge in [0.25, 0.3) is 0 Å². The fourth-order valence-electron chi connectivity index (χ4n) is 1.70. The van der Waals surface area contributed by atoms with E-state index in [0.29, 0.717) is 0 Å². The van der Waals surface area contributed by atoms with Gasteiger partial charge in [-0.3, -0.25) is 9.59 Å². The number of nitrogens with two attached hydrogens (primary N) is 1. The molecule has 116 valence electrons. The number of Topliss-reactive ketones (excluding diaryl/α,β-unsaturated/α-hetero) is 1. The van der Waals surface area contributed by atoms with Gasteiger partial charge in [0.2, 0.25) is 6.29 Å². The average molecular weight is 293 g/mol. The number of hydrogen-bond donors (Lipinski definition) is 5. The van der Waals surface area contributed by atoms with Crippen molar-refractivity contribution >= 4 is 11.8 Å². The van der Waals surface area contributed by atoms with Crippen LogP contribution in [0.3, 0.4) is 0 Å². The largest absolute Gasteiger partial charge is 0.433 e. The van der Waals surface area contributed by atoms with Crippen LogP contribution in [-0.4, -0.2) is 76.0 Å². The van der Waals surface area contributed by atoms with E-state index in [1.165, 1.54) is 0 Å². The summed E-state index contributed by atoms with van der Waals surface area (Å²) in [5.74, 6) is -1.15. The Morgan fingerprint density at radius 1 is 1.10 bits per heavy atom. The van der Waals surface area contributed by atoms with Crippen LogP contribution in [0.5, 0.6) is 0 Å². The molecule has 0 bridgehead atoms. The number of ketones is 1. The van der Waals surface area contributed by atoms with Crippen LogP contribution < -0.4 is 5.73 Å². The Kier molecular flexibility index (Phi) is 6.46. The molecule has 6 N–H and O–H groups in total. The Labute approximate surface area is 114 Å². The van der Waals surface area contributed by atoms with Gasteiger partial charge in [-0.25, -0.2) is 0 Å². The molecule has 9 nitrogen and oxygen atoms in total. The molecular formula is C11H19NO8. The Morgan fingerprint density at radius 2 is 1.75 bits per heavy atom. The number of esters is 1. The molecule has 1 aliphatic rings. The molecule has 1 heterocycles. The van der Waals surface area contributed by atoms with Crippen molar-refractivity contribution in [1.29, 1.82) is 0 Å². The zero-order valence-corrected chi connectivity index (χ0v) is 10.7. The van der Waals surface area contributed by atoms with E-state index in [2.05, 4.69) is 0 Å². The third-order valence-electron chi connectivity index (χ3n) is 2.93. The monoisotopic (exact) mass is 293 g/mol. The topological polar surface area (TPSA) is 160 Å². The standard InChI is InChI=1S/C11H19NO8/c12-3-5(14)1-2-7(15)20-11-10(18)9(17)8(16)6(4-13)19-11/h6,8-11,13,16-18H,1-4,12H2/t6?,8-,9?,10?,11+/m1/s1. The van der Waals surface area contributed by atoms with E-state index in [1.54, 1.807) is 0 Å². The van der Waals surface area contributed by atoms with Crippen LogP contribution in [0.1, 0.15) is 12.8 Å². The zero-order valence-electron chi connectivity index (χ0n) is 10.7. The maximum Gasteiger partial charge on any atom is 0.308 e. The van der Waals surface area contributed by atoms with E-state index in [4.69, 9.17) is 20.3 Å². The van der Waals surface area contributed by atoms with E-state index in [9.17, 15) is 24.9 Å². The van der Waals surface area contributed by atoms with Crippen molar-refractivity contribution in [3.63, 3.8) is 0 Å². The van der Waals surface area contributed by atoms with Crippen molar-refractivity contribution in [2.75, 3.05) is 13.2 Å². The molecule has 0 saturated carbocycles. The molecule has 20 heavy (non-hydrogen) atoms. The van der Waals surface area contributed by atoms with Crippen molar-refractivity contribution in [2.45, 2.75) is 43.5 Å². The first-order chi connectivity index (χ1) is 9.40. The van der Waals surface area contributed by atoms with Crippen LogP contribution in [0.25, 0.3) is 0 Å². The quantitative estimate of drug-likeness (QED) is 0.315. The van der Waals surface area contributed by atoms with Crippen LogP contribution in [-0.2, 0) is 19.1 Å². The minimum absolute atomic E-state index is 0.104. The highest BCUT2D eigenvalue weighted by atomic mass is 16.7. The third-order valence-corrected chi connectivity index (χ3v) is 2.93. The van der Waals surface area contributed by atoms with Gasteiger partial charge in [-0.05, 0) is 0 Å². The molecule has 0 spiro atoms. The maximum atomic E-state index is 11.4. The predicted molar refractivity (Wildman–Crippen MR) is 63.2 cm³/mol. The van der Waals surface area contributed by atoms with Gasteiger partial charge in [0.15, 0.2) is 0 Å². The lowest BCUT2D eigenvalue weighted by molar-refractivity contribution is -0.292. The molecule has 1 aliphatic heterocycles. The van der Waals surface area contributed by atoms with Gasteiger partial charge in [-0.1, -0.05) is 0 Å². The van der Waals surface area contributed by atoms with Crippen molar-refractivity contribution < 1.29 is 39.5 Å². The lowest BCUT2D eigenvalue weighted by Crippen LogP contribution is -2.59. The summed E-state index contributed by atoms with van der Waals surface area (Å²) >= 11 is 0. The second-order valence-electron chi connectivity index (χ2n) is 4.43. The number of ether oxygens (including phenoxy) is 2. The molecule has 0 radical (unpaired) electrons. The number of rotatable bonds is 6. The highest BCUT2D eigenvalue weighted by Gasteiger charge is 2.45. The molecule has 1 rings (SSSR count). The molecule has 0 aliphatic carbocycles. The van der Waals surface area contributed by atoms with Crippen molar-refractivity contribution in [3.8, 4) is 0 Å². The Hall–Kier alpha value is -1.10. The van der Waals surface area contributed by atoms with E-state index >= 15 is 0 Å². The van der Waals surface area contributed by atoms with E-state index in [-0.39, 0.29) is 25.2 Å². The molecule has 1 fully saturated rings. The molecule has 9 heteroatoms. The summed E-state index contributed by atoms with van der Waals surface area (Å²) in [5.41, 5.74) is 5.08. The first kappa shape index (κ1) is 17.0. The van der Waals surface area contributed by atoms with E-state index in [1.807, 2.05) is 0 Å². The van der Waals surface area contributed by atoms with Gasteiger partial charge >= 0.3 is 5.97 Å². The second-order valence-corrected chi connectivity index (χ2v) is 4.43. The minimum Gasteiger partial charge on any atom is -0.433 e. The SMILES string of the molecule is NCC(=O)CCC(=O)O[C@@H]1OC(CO)[C@@H](O)C(O)C1O. The van der Waals surface area contributed by atoms with Crippen molar-refractivity contribution in [2.24, 2.45) is 5.73 Å². The van der Waals surface area contributed by atoms with Gasteiger partial charge in [0.05, 0.1) is 19.6 Å². The lowest BCUT2D eigenvalue weighted by Gasteiger charge is -2.39. The summed E-state index contributed by atoms with van der Waals surface area (Å²) in [6.07, 6.45) is -7.82. The Bertz CT molecular complexity index is 347. The molecule has 0 aromatic heterocycles. The number of hydrogen-bond acceptors (Lipinski definition) is 9.